The molecule has 1 aliphatic rings. The number of anilines is 1. The summed E-state index contributed by atoms with van der Waals surface area (Å²) in [5.74, 6) is 0.598. The van der Waals surface area contributed by atoms with Crippen molar-refractivity contribution in [1.29, 1.82) is 0 Å². The SMILES string of the molecule is CCN(c1cc(Cl)cc(C(=O)NCc2ncc[nH]2)c1C)C1CCC(N(C)C)CC1. The molecule has 0 spiro atoms. The van der Waals surface area contributed by atoms with Crippen LogP contribution in [0.3, 0.4) is 0 Å². The van der Waals surface area contributed by atoms with E-state index in [0.29, 0.717) is 29.2 Å². The van der Waals surface area contributed by atoms with Gasteiger partial charge in [-0.3, -0.25) is 4.79 Å². The number of aromatic nitrogens is 2. The zero-order valence-corrected chi connectivity index (χ0v) is 18.6. The molecule has 0 atom stereocenters. The molecule has 1 amide bonds. The molecule has 1 heterocycles. The van der Waals surface area contributed by atoms with E-state index < -0.39 is 0 Å². The minimum Gasteiger partial charge on any atom is -0.369 e. The summed E-state index contributed by atoms with van der Waals surface area (Å²) in [6.07, 6.45) is 8.13. The van der Waals surface area contributed by atoms with Crippen LogP contribution >= 0.6 is 11.6 Å². The van der Waals surface area contributed by atoms with Crippen LogP contribution in [0.5, 0.6) is 0 Å². The second kappa shape index (κ2) is 9.63. The first-order valence-electron chi connectivity index (χ1n) is 10.4. The number of halogens is 1. The summed E-state index contributed by atoms with van der Waals surface area (Å²) in [5, 5.41) is 3.53. The average molecular weight is 418 g/mol. The van der Waals surface area contributed by atoms with Crippen LogP contribution in [0.25, 0.3) is 0 Å². The van der Waals surface area contributed by atoms with Crippen molar-refractivity contribution in [2.45, 2.75) is 58.2 Å². The number of amides is 1. The van der Waals surface area contributed by atoms with Gasteiger partial charge in [0.25, 0.3) is 5.91 Å². The molecule has 0 bridgehead atoms. The minimum absolute atomic E-state index is 0.130. The number of H-pyrrole nitrogens is 1. The van der Waals surface area contributed by atoms with Gasteiger partial charge in [0.05, 0.1) is 6.54 Å². The Morgan fingerprint density at radius 3 is 2.52 bits per heavy atom. The second-order valence-electron chi connectivity index (χ2n) is 8.03. The van der Waals surface area contributed by atoms with Crippen molar-refractivity contribution in [2.24, 2.45) is 0 Å². The molecule has 1 fully saturated rings. The van der Waals surface area contributed by atoms with Crippen molar-refractivity contribution >= 4 is 23.2 Å². The van der Waals surface area contributed by atoms with Gasteiger partial charge in [0, 0.05) is 47.3 Å². The summed E-state index contributed by atoms with van der Waals surface area (Å²) in [4.78, 5) is 24.7. The van der Waals surface area contributed by atoms with Gasteiger partial charge in [-0.25, -0.2) is 4.98 Å². The van der Waals surface area contributed by atoms with Gasteiger partial charge in [-0.15, -0.1) is 0 Å². The summed E-state index contributed by atoms with van der Waals surface area (Å²) >= 11 is 6.44. The molecule has 0 unspecified atom stereocenters. The summed E-state index contributed by atoms with van der Waals surface area (Å²) in [6, 6.07) is 4.90. The fraction of sp³-hybridized carbons (Fsp3) is 0.545. The molecule has 2 N–H and O–H groups in total. The summed E-state index contributed by atoms with van der Waals surface area (Å²) in [7, 11) is 4.33. The highest BCUT2D eigenvalue weighted by atomic mass is 35.5. The number of carbonyl (C=O) groups excluding carboxylic acids is 1. The van der Waals surface area contributed by atoms with Crippen LogP contribution < -0.4 is 10.2 Å². The largest absolute Gasteiger partial charge is 0.369 e. The number of hydrogen-bond acceptors (Lipinski definition) is 4. The number of nitrogens with one attached hydrogen (secondary N) is 2. The third-order valence-corrected chi connectivity index (χ3v) is 6.27. The van der Waals surface area contributed by atoms with Gasteiger partial charge in [0.1, 0.15) is 5.82 Å². The third-order valence-electron chi connectivity index (χ3n) is 6.05. The van der Waals surface area contributed by atoms with E-state index in [-0.39, 0.29) is 5.91 Å². The van der Waals surface area contributed by atoms with E-state index in [4.69, 9.17) is 11.6 Å². The Kier molecular flexibility index (Phi) is 7.19. The smallest absolute Gasteiger partial charge is 0.252 e. The molecule has 0 radical (unpaired) electrons. The topological polar surface area (TPSA) is 64.3 Å². The van der Waals surface area contributed by atoms with E-state index >= 15 is 0 Å². The Hall–Kier alpha value is -2.05. The maximum absolute atomic E-state index is 12.8. The number of benzene rings is 1. The van der Waals surface area contributed by atoms with Crippen LogP contribution in [0.4, 0.5) is 5.69 Å². The lowest BCUT2D eigenvalue weighted by molar-refractivity contribution is 0.0949. The normalized spacial score (nSPS) is 19.4. The van der Waals surface area contributed by atoms with Crippen LogP contribution in [0.2, 0.25) is 5.02 Å². The molecule has 0 aliphatic heterocycles. The van der Waals surface area contributed by atoms with Gasteiger partial charge in [-0.1, -0.05) is 11.6 Å². The number of hydrogen-bond donors (Lipinski definition) is 2. The van der Waals surface area contributed by atoms with E-state index in [1.165, 1.54) is 12.8 Å². The molecule has 7 heteroatoms. The van der Waals surface area contributed by atoms with Gasteiger partial charge in [-0.2, -0.15) is 0 Å². The van der Waals surface area contributed by atoms with Gasteiger partial charge < -0.3 is 20.1 Å². The molecule has 1 aromatic carbocycles. The number of rotatable bonds is 7. The maximum Gasteiger partial charge on any atom is 0.252 e. The first-order chi connectivity index (χ1) is 13.9. The molecular formula is C22H32ClN5O. The highest BCUT2D eigenvalue weighted by Gasteiger charge is 2.28. The van der Waals surface area contributed by atoms with Gasteiger partial charge >= 0.3 is 0 Å². The predicted molar refractivity (Wildman–Crippen MR) is 119 cm³/mol. The van der Waals surface area contributed by atoms with E-state index in [2.05, 4.69) is 46.1 Å². The molecule has 1 saturated carbocycles. The van der Waals surface area contributed by atoms with Gasteiger partial charge in [-0.05, 0) is 71.3 Å². The number of aromatic amines is 1. The molecular weight excluding hydrogens is 386 g/mol. The first-order valence-corrected chi connectivity index (χ1v) is 10.8. The number of carbonyl (C=O) groups is 1. The fourth-order valence-corrected chi connectivity index (χ4v) is 4.58. The lowest BCUT2D eigenvalue weighted by Gasteiger charge is -2.40. The molecule has 1 aromatic heterocycles. The van der Waals surface area contributed by atoms with Crippen molar-refractivity contribution in [1.82, 2.24) is 20.2 Å². The molecule has 3 rings (SSSR count). The molecule has 29 heavy (non-hydrogen) atoms. The fourth-order valence-electron chi connectivity index (χ4n) is 4.36. The monoisotopic (exact) mass is 417 g/mol. The van der Waals surface area contributed by atoms with Crippen LogP contribution in [0.1, 0.15) is 54.4 Å². The Morgan fingerprint density at radius 2 is 1.93 bits per heavy atom. The average Bonchev–Trinajstić information content (AvgIpc) is 3.23. The quantitative estimate of drug-likeness (QED) is 0.714. The highest BCUT2D eigenvalue weighted by molar-refractivity contribution is 6.31. The molecule has 158 valence electrons. The van der Waals surface area contributed by atoms with Crippen LogP contribution in [-0.4, -0.2) is 53.5 Å². The van der Waals surface area contributed by atoms with Gasteiger partial charge in [0.15, 0.2) is 0 Å². The zero-order chi connectivity index (χ0) is 21.0. The Bertz CT molecular complexity index is 813. The number of imidazole rings is 1. The van der Waals surface area contributed by atoms with Crippen molar-refractivity contribution in [2.75, 3.05) is 25.5 Å². The Morgan fingerprint density at radius 1 is 1.24 bits per heavy atom. The van der Waals surface area contributed by atoms with Crippen LogP contribution in [0.15, 0.2) is 24.5 Å². The molecule has 6 nitrogen and oxygen atoms in total. The van der Waals surface area contributed by atoms with E-state index in [1.807, 2.05) is 13.0 Å². The molecule has 2 aromatic rings. The van der Waals surface area contributed by atoms with Gasteiger partial charge in [0.2, 0.25) is 0 Å². The standard InChI is InChI=1S/C22H32ClN5O/c1-5-28(18-8-6-17(7-9-18)27(3)4)20-13-16(23)12-19(15(20)2)22(29)26-14-21-24-10-11-25-21/h10-13,17-18H,5-9,14H2,1-4H3,(H,24,25)(H,26,29). The highest BCUT2D eigenvalue weighted by Crippen LogP contribution is 2.34. The first kappa shape index (κ1) is 21.7. The van der Waals surface area contributed by atoms with E-state index in [1.54, 1.807) is 18.5 Å². The minimum atomic E-state index is -0.130. The van der Waals surface area contributed by atoms with E-state index in [9.17, 15) is 4.79 Å². The summed E-state index contributed by atoms with van der Waals surface area (Å²) in [5.41, 5.74) is 2.67. The van der Waals surface area contributed by atoms with E-state index in [0.717, 1.165) is 36.5 Å². The predicted octanol–water partition coefficient (Wildman–Crippen LogP) is 4.00. The number of nitrogens with zero attached hydrogens (tertiary/aromatic N) is 3. The Balaban J connectivity index is 1.78. The second-order valence-corrected chi connectivity index (χ2v) is 8.46. The van der Waals surface area contributed by atoms with Crippen LogP contribution in [-0.2, 0) is 6.54 Å². The van der Waals surface area contributed by atoms with Crippen LogP contribution in [0, 0.1) is 6.92 Å². The van der Waals surface area contributed by atoms with Crippen molar-refractivity contribution < 1.29 is 4.79 Å². The Labute approximate surface area is 178 Å². The lowest BCUT2D eigenvalue weighted by Crippen LogP contribution is -2.42. The summed E-state index contributed by atoms with van der Waals surface area (Å²) < 4.78 is 0. The molecule has 1 aliphatic carbocycles. The molecule has 0 saturated heterocycles. The van der Waals surface area contributed by atoms with Crippen molar-refractivity contribution in [3.05, 3.63) is 46.5 Å². The third kappa shape index (κ3) is 5.11. The maximum atomic E-state index is 12.8. The van der Waals surface area contributed by atoms with Crippen molar-refractivity contribution in [3.8, 4) is 0 Å². The van der Waals surface area contributed by atoms with Crippen molar-refractivity contribution in [3.63, 3.8) is 0 Å². The summed E-state index contributed by atoms with van der Waals surface area (Å²) in [6.45, 7) is 5.45. The lowest BCUT2D eigenvalue weighted by atomic mass is 9.89. The zero-order valence-electron chi connectivity index (χ0n) is 17.8.